The van der Waals surface area contributed by atoms with Crippen molar-refractivity contribution in [1.29, 1.82) is 0 Å². The first kappa shape index (κ1) is 17.2. The van der Waals surface area contributed by atoms with Crippen LogP contribution in [0.3, 0.4) is 0 Å². The number of halogens is 7. The van der Waals surface area contributed by atoms with E-state index in [0.717, 1.165) is 0 Å². The fourth-order valence-corrected chi connectivity index (χ4v) is 8.67. The summed E-state index contributed by atoms with van der Waals surface area (Å²) in [6, 6.07) is 3.45. The maximum Gasteiger partial charge on any atom is 0.0415 e. The zero-order valence-corrected chi connectivity index (χ0v) is 22.7. The first-order chi connectivity index (χ1) is 7.86. The Morgan fingerprint density at radius 3 is 1.47 bits per heavy atom. The molecule has 2 rings (SSSR count). The molecule has 0 fully saturated rings. The molecule has 0 aliphatic rings. The van der Waals surface area contributed by atoms with Crippen LogP contribution in [0.25, 0.3) is 10.8 Å². The lowest BCUT2D eigenvalue weighted by atomic mass is 10.1. The molecule has 0 heterocycles. The van der Waals surface area contributed by atoms with Gasteiger partial charge in [0.25, 0.3) is 0 Å². The highest BCUT2D eigenvalue weighted by atomic mass is 127. The highest BCUT2D eigenvalue weighted by Gasteiger charge is 2.19. The van der Waals surface area contributed by atoms with Crippen LogP contribution in [0.15, 0.2) is 0 Å². The molecule has 0 bridgehead atoms. The Hall–Kier alpha value is 3.81. The molecular formula is C10I7. The van der Waals surface area contributed by atoms with Gasteiger partial charge in [-0.3, -0.25) is 0 Å². The molecule has 0 saturated heterocycles. The summed E-state index contributed by atoms with van der Waals surface area (Å²) in [5.41, 5.74) is 0. The summed E-state index contributed by atoms with van der Waals surface area (Å²) >= 11 is 17.0. The number of fused-ring (bicyclic) bond motifs is 1. The second kappa shape index (κ2) is 6.93. The lowest BCUT2D eigenvalue weighted by Crippen LogP contribution is -1.99. The molecule has 0 nitrogen and oxygen atoms in total. The average Bonchev–Trinajstić information content (AvgIpc) is 2.28. The lowest BCUT2D eigenvalue weighted by Gasteiger charge is -2.13. The quantitative estimate of drug-likeness (QED) is 0.154. The Morgan fingerprint density at radius 1 is 0.471 bits per heavy atom. The molecule has 2 aromatic carbocycles. The van der Waals surface area contributed by atoms with Crippen molar-refractivity contribution in [2.24, 2.45) is 0 Å². The lowest BCUT2D eigenvalue weighted by molar-refractivity contribution is 1.49. The highest BCUT2D eigenvalue weighted by molar-refractivity contribution is 14.1. The average molecular weight is 1010 g/mol. The zero-order valence-electron chi connectivity index (χ0n) is 7.65. The van der Waals surface area contributed by atoms with Gasteiger partial charge in [0.15, 0.2) is 0 Å². The van der Waals surface area contributed by atoms with Gasteiger partial charge < -0.3 is 0 Å². The van der Waals surface area contributed by atoms with Crippen molar-refractivity contribution in [3.8, 4) is 0 Å². The topological polar surface area (TPSA) is 0 Å². The summed E-state index contributed by atoms with van der Waals surface area (Å²) in [4.78, 5) is 0. The largest absolute Gasteiger partial charge is 0.0429 e. The van der Waals surface area contributed by atoms with Gasteiger partial charge in [0.1, 0.15) is 0 Å². The second-order valence-electron chi connectivity index (χ2n) is 3.07. The molecule has 0 saturated carbocycles. The summed E-state index contributed by atoms with van der Waals surface area (Å²) in [6.07, 6.45) is 0. The maximum absolute atomic E-state index is 3.45. The van der Waals surface area contributed by atoms with Crippen molar-refractivity contribution in [3.05, 3.63) is 31.1 Å². The van der Waals surface area contributed by atoms with Gasteiger partial charge in [-0.05, 0) is 158 Å². The molecule has 0 N–H and O–H groups in total. The molecule has 89 valence electrons. The summed E-state index contributed by atoms with van der Waals surface area (Å²) in [5.74, 6) is 0. The van der Waals surface area contributed by atoms with E-state index in [1.165, 1.54) is 35.8 Å². The molecule has 0 aromatic heterocycles. The predicted octanol–water partition coefficient (Wildman–Crippen LogP) is 6.87. The van der Waals surface area contributed by atoms with E-state index in [1.54, 1.807) is 0 Å². The standard InChI is InChI=1S/C10I7/c11-2-1-3(12)6(13)5-4(2)7(14)9(16)10(17)8(5)15. The van der Waals surface area contributed by atoms with Crippen molar-refractivity contribution in [3.63, 3.8) is 0 Å². The number of rotatable bonds is 0. The third-order valence-corrected chi connectivity index (χ3v) is 13.3. The Balaban J connectivity index is 3.17. The summed E-state index contributed by atoms with van der Waals surface area (Å²) in [6.45, 7) is 0. The van der Waals surface area contributed by atoms with Gasteiger partial charge in [-0.15, -0.1) is 0 Å². The molecule has 0 atom stereocenters. The van der Waals surface area contributed by atoms with E-state index in [9.17, 15) is 0 Å². The van der Waals surface area contributed by atoms with Gasteiger partial charge in [0, 0.05) is 41.8 Å². The maximum atomic E-state index is 3.45. The molecule has 1 radical (unpaired) electrons. The molecule has 0 aliphatic heterocycles. The third-order valence-electron chi connectivity index (χ3n) is 2.12. The van der Waals surface area contributed by atoms with Gasteiger partial charge in [-0.25, -0.2) is 0 Å². The number of benzene rings is 2. The monoisotopic (exact) mass is 1010 g/mol. The van der Waals surface area contributed by atoms with Crippen LogP contribution in [0.5, 0.6) is 0 Å². The number of hydrogen-bond acceptors (Lipinski definition) is 0. The molecule has 0 spiro atoms. The molecule has 7 heteroatoms. The van der Waals surface area contributed by atoms with Crippen molar-refractivity contribution < 1.29 is 0 Å². The highest BCUT2D eigenvalue weighted by Crippen LogP contribution is 2.40. The Kier molecular flexibility index (Phi) is 7.00. The zero-order chi connectivity index (χ0) is 12.9. The molecule has 17 heavy (non-hydrogen) atoms. The minimum Gasteiger partial charge on any atom is -0.0429 e. The summed E-state index contributed by atoms with van der Waals surface area (Å²) in [7, 11) is 0. The van der Waals surface area contributed by atoms with Gasteiger partial charge in [-0.2, -0.15) is 0 Å². The second-order valence-corrected chi connectivity index (χ2v) is 10.6. The van der Waals surface area contributed by atoms with Crippen LogP contribution in [0, 0.1) is 31.1 Å². The van der Waals surface area contributed by atoms with Crippen LogP contribution in [0.1, 0.15) is 0 Å². The first-order valence-electron chi connectivity index (χ1n) is 4.07. The van der Waals surface area contributed by atoms with Crippen LogP contribution in [-0.2, 0) is 0 Å². The van der Waals surface area contributed by atoms with Crippen molar-refractivity contribution in [2.75, 3.05) is 0 Å². The van der Waals surface area contributed by atoms with Crippen LogP contribution in [-0.4, -0.2) is 0 Å². The minimum absolute atomic E-state index is 1.21. The van der Waals surface area contributed by atoms with Gasteiger partial charge in [-0.1, -0.05) is 0 Å². The van der Waals surface area contributed by atoms with E-state index in [0.29, 0.717) is 0 Å². The van der Waals surface area contributed by atoms with Crippen molar-refractivity contribution in [1.82, 2.24) is 0 Å². The van der Waals surface area contributed by atoms with E-state index in [2.05, 4.69) is 164 Å². The Morgan fingerprint density at radius 2 is 0.941 bits per heavy atom. The molecule has 0 aliphatic carbocycles. The van der Waals surface area contributed by atoms with E-state index < -0.39 is 0 Å². The fraction of sp³-hybridized carbons (Fsp3) is 0. The molecule has 0 amide bonds. The smallest absolute Gasteiger partial charge is 0.0415 e. The van der Waals surface area contributed by atoms with E-state index in [4.69, 9.17) is 0 Å². The number of hydrogen-bond donors (Lipinski definition) is 0. The third kappa shape index (κ3) is 3.27. The van der Waals surface area contributed by atoms with E-state index in [-0.39, 0.29) is 0 Å². The normalized spacial score (nSPS) is 11.2. The van der Waals surface area contributed by atoms with Crippen LogP contribution in [0.2, 0.25) is 0 Å². The Labute approximate surface area is 195 Å². The molecule has 2 aromatic rings. The van der Waals surface area contributed by atoms with Crippen molar-refractivity contribution in [2.45, 2.75) is 0 Å². The van der Waals surface area contributed by atoms with Gasteiger partial charge in [0.05, 0.1) is 0 Å². The van der Waals surface area contributed by atoms with Gasteiger partial charge in [0.2, 0.25) is 0 Å². The summed E-state index contributed by atoms with van der Waals surface area (Å²) < 4.78 is 9.16. The Bertz CT molecular complexity index is 633. The van der Waals surface area contributed by atoms with Crippen LogP contribution in [0.4, 0.5) is 0 Å². The first-order valence-corrected chi connectivity index (χ1v) is 11.6. The van der Waals surface area contributed by atoms with E-state index in [1.807, 2.05) is 0 Å². The molecule has 0 unspecified atom stereocenters. The van der Waals surface area contributed by atoms with Crippen molar-refractivity contribution >= 4 is 169 Å². The fourth-order valence-electron chi connectivity index (χ4n) is 1.37. The van der Waals surface area contributed by atoms with E-state index >= 15 is 0 Å². The molecular weight excluding hydrogens is 1010 g/mol. The van der Waals surface area contributed by atoms with Crippen LogP contribution >= 0.6 is 158 Å². The SMILES string of the molecule is Ic1[c]c(I)c2c(I)c(I)c(I)c(I)c2c1I. The predicted molar refractivity (Wildman–Crippen MR) is 132 cm³/mol. The van der Waals surface area contributed by atoms with Crippen LogP contribution < -0.4 is 0 Å². The summed E-state index contributed by atoms with van der Waals surface area (Å²) in [5, 5.41) is 2.73. The minimum atomic E-state index is 1.21. The van der Waals surface area contributed by atoms with Gasteiger partial charge >= 0.3 is 0 Å².